The van der Waals surface area contributed by atoms with Crippen molar-refractivity contribution in [2.45, 2.75) is 0 Å². The SMILES string of the molecule is COc1ccc(/C=C2/SC(=O)N(CC(=O)c3ccccc3)C2=O)cc1[N+](=O)[O-]. The number of Topliss-reactive ketones (excluding diaryl/α,β-unsaturated/α-hetero) is 1. The van der Waals surface area contributed by atoms with Gasteiger partial charge in [-0.25, -0.2) is 0 Å². The van der Waals surface area contributed by atoms with Gasteiger partial charge < -0.3 is 4.74 Å². The van der Waals surface area contributed by atoms with Crippen LogP contribution in [-0.4, -0.2) is 40.4 Å². The molecule has 1 aliphatic rings. The van der Waals surface area contributed by atoms with Crippen LogP contribution in [0.1, 0.15) is 15.9 Å². The Morgan fingerprint density at radius 3 is 2.57 bits per heavy atom. The molecule has 0 aliphatic carbocycles. The molecule has 9 heteroatoms. The number of ketones is 1. The Labute approximate surface area is 163 Å². The van der Waals surface area contributed by atoms with Gasteiger partial charge >= 0.3 is 5.69 Å². The third-order valence-electron chi connectivity index (χ3n) is 3.97. The smallest absolute Gasteiger partial charge is 0.311 e. The Kier molecular flexibility index (Phi) is 5.55. The maximum Gasteiger partial charge on any atom is 0.311 e. The van der Waals surface area contributed by atoms with Gasteiger partial charge in [0.25, 0.3) is 11.1 Å². The average Bonchev–Trinajstić information content (AvgIpc) is 2.95. The first-order chi connectivity index (χ1) is 13.4. The second-order valence-electron chi connectivity index (χ2n) is 5.75. The zero-order valence-corrected chi connectivity index (χ0v) is 15.5. The highest BCUT2D eigenvalue weighted by molar-refractivity contribution is 8.18. The fourth-order valence-corrected chi connectivity index (χ4v) is 3.42. The Bertz CT molecular complexity index is 1000. The molecule has 0 bridgehead atoms. The zero-order chi connectivity index (χ0) is 20.3. The maximum atomic E-state index is 12.5. The molecule has 3 rings (SSSR count). The van der Waals surface area contributed by atoms with Crippen molar-refractivity contribution in [3.8, 4) is 5.75 Å². The molecule has 0 radical (unpaired) electrons. The number of rotatable bonds is 6. The summed E-state index contributed by atoms with van der Waals surface area (Å²) in [5.74, 6) is -0.884. The van der Waals surface area contributed by atoms with Crippen LogP contribution in [0, 0.1) is 10.1 Å². The van der Waals surface area contributed by atoms with Gasteiger partial charge in [0.1, 0.15) is 0 Å². The molecule has 0 N–H and O–H groups in total. The number of carbonyl (C=O) groups excluding carboxylic acids is 3. The monoisotopic (exact) mass is 398 g/mol. The van der Waals surface area contributed by atoms with E-state index in [0.29, 0.717) is 22.9 Å². The lowest BCUT2D eigenvalue weighted by atomic mass is 10.1. The van der Waals surface area contributed by atoms with Crippen molar-refractivity contribution in [3.63, 3.8) is 0 Å². The van der Waals surface area contributed by atoms with Crippen LogP contribution in [0.5, 0.6) is 5.75 Å². The van der Waals surface area contributed by atoms with Crippen LogP contribution in [0.15, 0.2) is 53.4 Å². The zero-order valence-electron chi connectivity index (χ0n) is 14.7. The molecule has 2 aromatic rings. The predicted octanol–water partition coefficient (Wildman–Crippen LogP) is 3.52. The highest BCUT2D eigenvalue weighted by atomic mass is 32.2. The minimum atomic E-state index is -0.613. The van der Waals surface area contributed by atoms with E-state index in [4.69, 9.17) is 4.74 Å². The van der Waals surface area contributed by atoms with Gasteiger partial charge in [0.05, 0.1) is 23.5 Å². The molecule has 1 heterocycles. The van der Waals surface area contributed by atoms with E-state index in [-0.39, 0.29) is 28.7 Å². The summed E-state index contributed by atoms with van der Waals surface area (Å²) in [7, 11) is 1.32. The molecule has 1 fully saturated rings. The highest BCUT2D eigenvalue weighted by Gasteiger charge is 2.36. The molecule has 0 saturated carbocycles. The Balaban J connectivity index is 1.82. The molecule has 2 aromatic carbocycles. The van der Waals surface area contributed by atoms with Crippen LogP contribution in [0.2, 0.25) is 0 Å². The van der Waals surface area contributed by atoms with E-state index < -0.39 is 16.1 Å². The van der Waals surface area contributed by atoms with Gasteiger partial charge in [0, 0.05) is 11.6 Å². The first-order valence-electron chi connectivity index (χ1n) is 8.06. The lowest BCUT2D eigenvalue weighted by Gasteiger charge is -2.11. The molecular formula is C19H14N2O6S. The van der Waals surface area contributed by atoms with Gasteiger partial charge in [-0.05, 0) is 29.5 Å². The van der Waals surface area contributed by atoms with Crippen molar-refractivity contribution in [1.82, 2.24) is 4.90 Å². The van der Waals surface area contributed by atoms with E-state index in [1.54, 1.807) is 30.3 Å². The predicted molar refractivity (Wildman–Crippen MR) is 103 cm³/mol. The van der Waals surface area contributed by atoms with Gasteiger partial charge in [-0.15, -0.1) is 0 Å². The molecule has 0 atom stereocenters. The number of nitro benzene ring substituents is 1. The summed E-state index contributed by atoms with van der Waals surface area (Å²) in [4.78, 5) is 48.5. The number of carbonyl (C=O) groups is 3. The van der Waals surface area contributed by atoms with Crippen LogP contribution in [-0.2, 0) is 4.79 Å². The number of nitro groups is 1. The van der Waals surface area contributed by atoms with Crippen molar-refractivity contribution in [2.75, 3.05) is 13.7 Å². The van der Waals surface area contributed by atoms with Gasteiger partial charge in [-0.1, -0.05) is 36.4 Å². The molecule has 0 unspecified atom stereocenters. The average molecular weight is 398 g/mol. The lowest BCUT2D eigenvalue weighted by Crippen LogP contribution is -2.33. The minimum absolute atomic E-state index is 0.0868. The van der Waals surface area contributed by atoms with E-state index in [2.05, 4.69) is 0 Å². The first-order valence-corrected chi connectivity index (χ1v) is 8.88. The number of hydrogen-bond acceptors (Lipinski definition) is 7. The van der Waals surface area contributed by atoms with Crippen LogP contribution >= 0.6 is 11.8 Å². The summed E-state index contributed by atoms with van der Waals surface area (Å²) in [5.41, 5.74) is 0.512. The number of amides is 2. The van der Waals surface area contributed by atoms with Crippen molar-refractivity contribution >= 4 is 40.5 Å². The molecule has 28 heavy (non-hydrogen) atoms. The summed E-state index contributed by atoms with van der Waals surface area (Å²) < 4.78 is 4.94. The summed E-state index contributed by atoms with van der Waals surface area (Å²) in [6.45, 7) is -0.366. The number of methoxy groups -OCH3 is 1. The Morgan fingerprint density at radius 1 is 1.21 bits per heavy atom. The van der Waals surface area contributed by atoms with Gasteiger partial charge in [-0.2, -0.15) is 0 Å². The fourth-order valence-electron chi connectivity index (χ4n) is 2.59. The molecule has 0 aromatic heterocycles. The fraction of sp³-hybridized carbons (Fsp3) is 0.105. The van der Waals surface area contributed by atoms with Crippen LogP contribution in [0.4, 0.5) is 10.5 Å². The summed E-state index contributed by atoms with van der Waals surface area (Å²) in [6, 6.07) is 12.5. The Hall–Kier alpha value is -3.46. The first kappa shape index (κ1) is 19.3. The second-order valence-corrected chi connectivity index (χ2v) is 6.74. The third-order valence-corrected chi connectivity index (χ3v) is 4.88. The van der Waals surface area contributed by atoms with Crippen LogP contribution in [0.3, 0.4) is 0 Å². The summed E-state index contributed by atoms with van der Waals surface area (Å²) >= 11 is 0.683. The Morgan fingerprint density at radius 2 is 1.93 bits per heavy atom. The number of imide groups is 1. The van der Waals surface area contributed by atoms with E-state index in [9.17, 15) is 24.5 Å². The number of benzene rings is 2. The molecule has 1 saturated heterocycles. The molecule has 8 nitrogen and oxygen atoms in total. The normalized spacial score (nSPS) is 15.2. The van der Waals surface area contributed by atoms with Crippen molar-refractivity contribution < 1.29 is 24.0 Å². The van der Waals surface area contributed by atoms with Crippen molar-refractivity contribution in [1.29, 1.82) is 0 Å². The molecule has 0 spiro atoms. The number of hydrogen-bond donors (Lipinski definition) is 0. The highest BCUT2D eigenvalue weighted by Crippen LogP contribution is 2.34. The van der Waals surface area contributed by atoms with Crippen molar-refractivity contribution in [2.24, 2.45) is 0 Å². The quantitative estimate of drug-likeness (QED) is 0.317. The molecular weight excluding hydrogens is 384 g/mol. The molecule has 1 aliphatic heterocycles. The maximum absolute atomic E-state index is 12.5. The van der Waals surface area contributed by atoms with Crippen LogP contribution < -0.4 is 4.74 Å². The van der Waals surface area contributed by atoms with E-state index in [1.807, 2.05) is 0 Å². The van der Waals surface area contributed by atoms with Gasteiger partial charge in [0.2, 0.25) is 0 Å². The summed E-state index contributed by atoms with van der Waals surface area (Å²) in [6.07, 6.45) is 1.38. The van der Waals surface area contributed by atoms with Gasteiger partial charge in [-0.3, -0.25) is 29.4 Å². The molecule has 2 amide bonds. The van der Waals surface area contributed by atoms with E-state index in [0.717, 1.165) is 4.90 Å². The lowest BCUT2D eigenvalue weighted by molar-refractivity contribution is -0.385. The van der Waals surface area contributed by atoms with E-state index in [1.165, 1.54) is 31.4 Å². The van der Waals surface area contributed by atoms with Crippen molar-refractivity contribution in [3.05, 3.63) is 74.7 Å². The number of thioether (sulfide) groups is 1. The standard InChI is InChI=1S/C19H14N2O6S/c1-27-16-8-7-12(9-14(16)21(25)26)10-17-18(23)20(19(24)28-17)11-15(22)13-5-3-2-4-6-13/h2-10H,11H2,1H3/b17-10+. The molecule has 142 valence electrons. The second kappa shape index (κ2) is 8.05. The minimum Gasteiger partial charge on any atom is -0.490 e. The summed E-state index contributed by atoms with van der Waals surface area (Å²) in [5, 5.41) is 10.6. The third kappa shape index (κ3) is 3.94. The van der Waals surface area contributed by atoms with E-state index >= 15 is 0 Å². The van der Waals surface area contributed by atoms with Crippen LogP contribution in [0.25, 0.3) is 6.08 Å². The topological polar surface area (TPSA) is 107 Å². The number of ether oxygens (including phenoxy) is 1. The number of nitrogens with zero attached hydrogens (tertiary/aromatic N) is 2. The van der Waals surface area contributed by atoms with Gasteiger partial charge in [0.15, 0.2) is 11.5 Å². The largest absolute Gasteiger partial charge is 0.490 e.